The lowest BCUT2D eigenvalue weighted by molar-refractivity contribution is 0.214. The highest BCUT2D eigenvalue weighted by Gasteiger charge is 2.09. The quantitative estimate of drug-likeness (QED) is 0.293. The van der Waals surface area contributed by atoms with Crippen LogP contribution in [0.4, 0.5) is 0 Å². The number of rotatable bonds is 8. The van der Waals surface area contributed by atoms with Gasteiger partial charge in [0.05, 0.1) is 6.61 Å². The molecule has 0 amide bonds. The second-order valence-corrected chi connectivity index (χ2v) is 4.55. The van der Waals surface area contributed by atoms with Crippen LogP contribution in [0.5, 0.6) is 11.5 Å². The monoisotopic (exact) mass is 300 g/mol. The van der Waals surface area contributed by atoms with Crippen LogP contribution in [0.3, 0.4) is 0 Å². The van der Waals surface area contributed by atoms with E-state index in [1.807, 2.05) is 6.92 Å². The molecule has 0 aliphatic rings. The van der Waals surface area contributed by atoms with Gasteiger partial charge in [-0.1, -0.05) is 12.1 Å². The first-order valence-electron chi connectivity index (χ1n) is 5.28. The van der Waals surface area contributed by atoms with Gasteiger partial charge in [-0.25, -0.2) is 0 Å². The summed E-state index contributed by atoms with van der Waals surface area (Å²) in [5.74, 6) is 1.06. The van der Waals surface area contributed by atoms with Crippen molar-refractivity contribution in [1.82, 2.24) is 0 Å². The van der Waals surface area contributed by atoms with Gasteiger partial charge >= 0.3 is 33.2 Å². The van der Waals surface area contributed by atoms with Crippen LogP contribution in [-0.2, 0) is 19.1 Å². The van der Waals surface area contributed by atoms with Crippen LogP contribution in [0.2, 0.25) is 0 Å². The number of ether oxygens (including phenoxy) is 2. The van der Waals surface area contributed by atoms with E-state index in [1.165, 1.54) is 0 Å². The number of para-hydroxylation sites is 2. The van der Waals surface area contributed by atoms with E-state index < -0.39 is 10.1 Å². The predicted octanol–water partition coefficient (Wildman–Crippen LogP) is 0.0845. The molecule has 0 fully saturated rings. The maximum absolute atomic E-state index is 10.7. The van der Waals surface area contributed by atoms with E-state index in [-0.39, 0.29) is 41.9 Å². The van der Waals surface area contributed by atoms with Crippen molar-refractivity contribution in [3.8, 4) is 11.5 Å². The van der Waals surface area contributed by atoms with E-state index >= 15 is 0 Å². The Balaban J connectivity index is 0.00000324. The van der Waals surface area contributed by atoms with Crippen LogP contribution in [0.25, 0.3) is 0 Å². The third kappa shape index (κ3) is 6.76. The Hall–Kier alpha value is -0.834. The van der Waals surface area contributed by atoms with Crippen molar-refractivity contribution in [2.45, 2.75) is 6.92 Å². The van der Waals surface area contributed by atoms with Crippen molar-refractivity contribution in [1.29, 1.82) is 0 Å². The Labute approximate surface area is 128 Å². The fraction of sp³-hybridized carbons (Fsp3) is 0.364. The molecule has 0 atom stereocenters. The third-order valence-electron chi connectivity index (χ3n) is 1.86. The average molecular weight is 301 g/mol. The number of hydrogen-bond donors (Lipinski definition) is 0. The van der Waals surface area contributed by atoms with E-state index in [0.717, 1.165) is 0 Å². The summed E-state index contributed by atoms with van der Waals surface area (Å²) in [5.41, 5.74) is -0.249. The minimum Gasteiger partial charge on any atom is -0.490 e. The van der Waals surface area contributed by atoms with Crippen molar-refractivity contribution in [2.24, 2.45) is 0 Å². The van der Waals surface area contributed by atoms with Gasteiger partial charge in [0.25, 0.3) is 5.62 Å². The molecule has 0 aliphatic heterocycles. The van der Waals surface area contributed by atoms with Gasteiger partial charge in [-0.3, -0.25) is 8.98 Å². The first-order chi connectivity index (χ1) is 8.59. The smallest absolute Gasteiger partial charge is 0.328 e. The Bertz CT molecular complexity index is 488. The van der Waals surface area contributed by atoms with Crippen molar-refractivity contribution < 1.29 is 26.9 Å². The maximum Gasteiger partial charge on any atom is 0.328 e. The highest BCUT2D eigenvalue weighted by atomic mass is 32.2. The van der Waals surface area contributed by atoms with Gasteiger partial charge in [-0.2, -0.15) is 8.42 Å². The van der Waals surface area contributed by atoms with Gasteiger partial charge in [0, 0.05) is 0 Å². The molecule has 0 spiro atoms. The summed E-state index contributed by atoms with van der Waals surface area (Å²) in [6, 6.07) is 6.99. The highest BCUT2D eigenvalue weighted by molar-refractivity contribution is 8.00. The summed E-state index contributed by atoms with van der Waals surface area (Å²) in [5, 5.41) is 0. The summed E-state index contributed by atoms with van der Waals surface area (Å²) in [6.45, 7) is 2.10. The Morgan fingerprint density at radius 1 is 1.11 bits per heavy atom. The number of hydrogen-bond acceptors (Lipinski definition) is 6. The number of carbonyl (C=O) groups excluding carboxylic acids is 1. The van der Waals surface area contributed by atoms with Crippen LogP contribution >= 0.6 is 0 Å². The average Bonchev–Trinajstić information content (AvgIpc) is 2.37. The van der Waals surface area contributed by atoms with Gasteiger partial charge in [-0.15, -0.1) is 0 Å². The first kappa shape index (κ1) is 18.2. The molecule has 0 saturated carbocycles. The second-order valence-electron chi connectivity index (χ2n) is 3.14. The summed E-state index contributed by atoms with van der Waals surface area (Å²) in [4.78, 5) is 10.1. The molecule has 6 nitrogen and oxygen atoms in total. The zero-order valence-electron chi connectivity index (χ0n) is 9.87. The summed E-state index contributed by atoms with van der Waals surface area (Å²) in [6.07, 6.45) is 0. The largest absolute Gasteiger partial charge is 0.490 e. The molecule has 8 heteroatoms. The van der Waals surface area contributed by atoms with Gasteiger partial charge < -0.3 is 9.47 Å². The summed E-state index contributed by atoms with van der Waals surface area (Å²) < 4.78 is 36.4. The van der Waals surface area contributed by atoms with Crippen LogP contribution in [0.15, 0.2) is 24.3 Å². The van der Waals surface area contributed by atoms with Gasteiger partial charge in [-0.05, 0) is 19.1 Å². The van der Waals surface area contributed by atoms with Crippen LogP contribution in [0, 0.1) is 0 Å². The third-order valence-corrected chi connectivity index (χ3v) is 2.59. The van der Waals surface area contributed by atoms with E-state index in [1.54, 1.807) is 24.3 Å². The minimum absolute atomic E-state index is 0. The van der Waals surface area contributed by atoms with Gasteiger partial charge in [0.15, 0.2) is 11.5 Å². The molecule has 0 bridgehead atoms. The zero-order chi connectivity index (χ0) is 13.4. The topological polar surface area (TPSA) is 78.9 Å². The minimum atomic E-state index is -4.09. The SMILES string of the molecule is CCOc1ccccc1OCCOS(=O)(=O)C=O.[MgH2]. The summed E-state index contributed by atoms with van der Waals surface area (Å²) >= 11 is 0. The molecular formula is C11H16MgO6S. The van der Waals surface area contributed by atoms with E-state index in [0.29, 0.717) is 18.1 Å². The lowest BCUT2D eigenvalue weighted by Crippen LogP contribution is -2.13. The number of carbonyl (C=O) groups is 1. The second kappa shape index (κ2) is 9.13. The Morgan fingerprint density at radius 2 is 1.68 bits per heavy atom. The molecule has 1 aromatic carbocycles. The fourth-order valence-electron chi connectivity index (χ4n) is 1.17. The lowest BCUT2D eigenvalue weighted by Gasteiger charge is -2.10. The predicted molar refractivity (Wildman–Crippen MR) is 73.3 cm³/mol. The van der Waals surface area contributed by atoms with Crippen molar-refractivity contribution in [3.63, 3.8) is 0 Å². The number of benzene rings is 1. The van der Waals surface area contributed by atoms with E-state index in [9.17, 15) is 13.2 Å². The Kier molecular flexibility index (Phi) is 8.73. The maximum atomic E-state index is 10.7. The normalized spacial score (nSPS) is 10.4. The summed E-state index contributed by atoms with van der Waals surface area (Å²) in [7, 11) is -4.09. The lowest BCUT2D eigenvalue weighted by atomic mass is 10.3. The van der Waals surface area contributed by atoms with E-state index in [4.69, 9.17) is 9.47 Å². The molecule has 1 aromatic rings. The first-order valence-corrected chi connectivity index (χ1v) is 6.75. The molecule has 0 N–H and O–H groups in total. The van der Waals surface area contributed by atoms with Crippen LogP contribution in [-0.4, -0.2) is 56.9 Å². The molecule has 1 rings (SSSR count). The molecule has 0 unspecified atom stereocenters. The van der Waals surface area contributed by atoms with Gasteiger partial charge in [0.1, 0.15) is 13.2 Å². The molecule has 0 saturated heterocycles. The van der Waals surface area contributed by atoms with Crippen LogP contribution < -0.4 is 9.47 Å². The fourth-order valence-corrected chi connectivity index (χ4v) is 1.53. The molecule has 0 radical (unpaired) electrons. The standard InChI is InChI=1S/C11H14O6S.Mg.2H/c1-2-15-10-5-3-4-6-11(10)16-7-8-17-18(13,14)9-12;;;/h3-6,9H,2,7-8H2,1H3;;;. The molecule has 0 heterocycles. The van der Waals surface area contributed by atoms with Crippen molar-refractivity contribution >= 4 is 38.8 Å². The van der Waals surface area contributed by atoms with Crippen molar-refractivity contribution in [3.05, 3.63) is 24.3 Å². The molecular weight excluding hydrogens is 284 g/mol. The van der Waals surface area contributed by atoms with Gasteiger partial charge in [0.2, 0.25) is 0 Å². The van der Waals surface area contributed by atoms with Crippen molar-refractivity contribution in [2.75, 3.05) is 19.8 Å². The Morgan fingerprint density at radius 3 is 2.21 bits per heavy atom. The molecule has 19 heavy (non-hydrogen) atoms. The molecule has 0 aliphatic carbocycles. The van der Waals surface area contributed by atoms with Crippen LogP contribution in [0.1, 0.15) is 6.92 Å². The molecule has 0 aromatic heterocycles. The zero-order valence-corrected chi connectivity index (χ0v) is 10.7. The van der Waals surface area contributed by atoms with E-state index in [2.05, 4.69) is 4.18 Å². The highest BCUT2D eigenvalue weighted by Crippen LogP contribution is 2.26. The molecule has 104 valence electrons.